The highest BCUT2D eigenvalue weighted by atomic mass is 35.5. The molecular weight excluding hydrogens is 487 g/mol. The predicted octanol–water partition coefficient (Wildman–Crippen LogP) is 4.92. The SMILES string of the molecule is Cc1cnc(COC(=O)ON2CCc3cc(F)ccc3[C@H]2c2cc(Cl)ccc2OCC(=O)O)s1. The lowest BCUT2D eigenvalue weighted by Crippen LogP contribution is -2.38. The van der Waals surface area contributed by atoms with E-state index in [1.54, 1.807) is 30.5 Å². The number of fused-ring (bicyclic) bond motifs is 1. The molecule has 1 N–H and O–H groups in total. The van der Waals surface area contributed by atoms with Gasteiger partial charge in [0.25, 0.3) is 0 Å². The molecule has 0 saturated carbocycles. The van der Waals surface area contributed by atoms with Gasteiger partial charge in [-0.15, -0.1) is 16.4 Å². The lowest BCUT2D eigenvalue weighted by atomic mass is 9.89. The van der Waals surface area contributed by atoms with Crippen molar-refractivity contribution < 1.29 is 33.4 Å². The van der Waals surface area contributed by atoms with Crippen LogP contribution in [0.25, 0.3) is 0 Å². The number of hydroxylamine groups is 2. The van der Waals surface area contributed by atoms with Crippen molar-refractivity contribution in [3.05, 3.63) is 80.0 Å². The Bertz CT molecular complexity index is 1220. The molecule has 8 nitrogen and oxygen atoms in total. The van der Waals surface area contributed by atoms with E-state index < -0.39 is 30.6 Å². The summed E-state index contributed by atoms with van der Waals surface area (Å²) in [7, 11) is 0. The molecule has 34 heavy (non-hydrogen) atoms. The molecule has 1 aliphatic heterocycles. The fourth-order valence-electron chi connectivity index (χ4n) is 3.71. The number of carbonyl (C=O) groups is 2. The zero-order valence-corrected chi connectivity index (χ0v) is 19.6. The molecule has 0 spiro atoms. The molecule has 11 heteroatoms. The molecule has 0 radical (unpaired) electrons. The Kier molecular flexibility index (Phi) is 7.30. The molecule has 0 saturated heterocycles. The average molecular weight is 507 g/mol. The first-order chi connectivity index (χ1) is 16.3. The molecule has 0 unspecified atom stereocenters. The summed E-state index contributed by atoms with van der Waals surface area (Å²) in [6.45, 7) is 1.51. The molecule has 0 bridgehead atoms. The molecule has 0 fully saturated rings. The van der Waals surface area contributed by atoms with Crippen molar-refractivity contribution in [2.24, 2.45) is 0 Å². The molecule has 1 atom stereocenters. The van der Waals surface area contributed by atoms with Crippen LogP contribution in [0.5, 0.6) is 5.75 Å². The topological polar surface area (TPSA) is 98.2 Å². The van der Waals surface area contributed by atoms with E-state index >= 15 is 0 Å². The van der Waals surface area contributed by atoms with Crippen LogP contribution in [0.4, 0.5) is 9.18 Å². The van der Waals surface area contributed by atoms with Crippen LogP contribution >= 0.6 is 22.9 Å². The minimum absolute atomic E-state index is 0.0399. The monoisotopic (exact) mass is 506 g/mol. The van der Waals surface area contributed by atoms with Crippen LogP contribution in [-0.2, 0) is 27.4 Å². The highest BCUT2D eigenvalue weighted by Crippen LogP contribution is 2.41. The number of hydrogen-bond donors (Lipinski definition) is 1. The molecule has 1 aromatic heterocycles. The van der Waals surface area contributed by atoms with Gasteiger partial charge < -0.3 is 19.4 Å². The zero-order chi connectivity index (χ0) is 24.2. The molecule has 2 aromatic carbocycles. The summed E-state index contributed by atoms with van der Waals surface area (Å²) < 4.78 is 24.6. The van der Waals surface area contributed by atoms with Crippen LogP contribution in [0.15, 0.2) is 42.6 Å². The maximum Gasteiger partial charge on any atom is 0.528 e. The number of ether oxygens (including phenoxy) is 2. The van der Waals surface area contributed by atoms with Gasteiger partial charge in [-0.3, -0.25) is 0 Å². The number of carboxylic acids is 1. The van der Waals surface area contributed by atoms with E-state index in [0.717, 1.165) is 10.4 Å². The summed E-state index contributed by atoms with van der Waals surface area (Å²) >= 11 is 7.64. The van der Waals surface area contributed by atoms with Crippen LogP contribution in [0.2, 0.25) is 5.02 Å². The van der Waals surface area contributed by atoms with Crippen molar-refractivity contribution in [1.29, 1.82) is 0 Å². The number of rotatable bonds is 7. The second-order valence-corrected chi connectivity index (χ2v) is 9.25. The molecule has 4 rings (SSSR count). The molecule has 1 aliphatic rings. The highest BCUT2D eigenvalue weighted by molar-refractivity contribution is 7.11. The third kappa shape index (κ3) is 5.64. The number of carbonyl (C=O) groups excluding carboxylic acids is 1. The summed E-state index contributed by atoms with van der Waals surface area (Å²) in [6, 6.07) is 8.29. The van der Waals surface area contributed by atoms with Crippen molar-refractivity contribution in [1.82, 2.24) is 10.0 Å². The zero-order valence-electron chi connectivity index (χ0n) is 18.0. The van der Waals surface area contributed by atoms with Gasteiger partial charge in [-0.05, 0) is 54.8 Å². The molecule has 0 amide bonds. The lowest BCUT2D eigenvalue weighted by molar-refractivity contribution is -0.152. The van der Waals surface area contributed by atoms with Crippen molar-refractivity contribution in [3.63, 3.8) is 0 Å². The number of nitrogens with zero attached hydrogens (tertiary/aromatic N) is 2. The quantitative estimate of drug-likeness (QED) is 0.451. The van der Waals surface area contributed by atoms with Crippen LogP contribution in [0, 0.1) is 12.7 Å². The third-order valence-electron chi connectivity index (χ3n) is 5.08. The van der Waals surface area contributed by atoms with E-state index in [1.807, 2.05) is 6.92 Å². The first-order valence-corrected chi connectivity index (χ1v) is 11.4. The van der Waals surface area contributed by atoms with Crippen LogP contribution in [-0.4, -0.2) is 40.4 Å². The minimum Gasteiger partial charge on any atom is -0.482 e. The molecule has 0 aliphatic carbocycles. The summed E-state index contributed by atoms with van der Waals surface area (Å²) in [6.07, 6.45) is 1.16. The molecule has 2 heterocycles. The maximum absolute atomic E-state index is 13.9. The maximum atomic E-state index is 13.9. The van der Waals surface area contributed by atoms with Gasteiger partial charge in [0, 0.05) is 28.2 Å². The summed E-state index contributed by atoms with van der Waals surface area (Å²) in [5.41, 5.74) is 1.85. The Morgan fingerprint density at radius 1 is 1.26 bits per heavy atom. The number of aromatic nitrogens is 1. The van der Waals surface area contributed by atoms with E-state index in [4.69, 9.17) is 31.0 Å². The highest BCUT2D eigenvalue weighted by Gasteiger charge is 2.34. The van der Waals surface area contributed by atoms with E-state index in [1.165, 1.54) is 28.5 Å². The Morgan fingerprint density at radius 3 is 2.82 bits per heavy atom. The smallest absolute Gasteiger partial charge is 0.482 e. The summed E-state index contributed by atoms with van der Waals surface area (Å²) in [5, 5.41) is 11.4. The second kappa shape index (κ2) is 10.4. The molecule has 178 valence electrons. The van der Waals surface area contributed by atoms with E-state index in [-0.39, 0.29) is 18.9 Å². The number of aliphatic carboxylic acids is 1. The number of hydrogen-bond acceptors (Lipinski definition) is 8. The molecule has 3 aromatic rings. The van der Waals surface area contributed by atoms with Gasteiger partial charge in [-0.25, -0.2) is 19.0 Å². The normalized spacial score (nSPS) is 15.4. The largest absolute Gasteiger partial charge is 0.528 e. The standard InChI is InChI=1S/C23H20ClFN2O6S/c1-13-10-26-20(34-13)11-32-23(30)33-27-7-6-14-8-16(25)3-4-17(14)22(27)18-9-15(24)2-5-19(18)31-12-21(28)29/h2-5,8-10,22H,6-7,11-12H2,1H3,(H,28,29)/t22-/m0/s1. The van der Waals surface area contributed by atoms with Crippen molar-refractivity contribution in [3.8, 4) is 5.75 Å². The first kappa shape index (κ1) is 23.9. The Morgan fingerprint density at radius 2 is 2.09 bits per heavy atom. The van der Waals surface area contributed by atoms with E-state index in [0.29, 0.717) is 27.6 Å². The van der Waals surface area contributed by atoms with Crippen LogP contribution < -0.4 is 4.74 Å². The van der Waals surface area contributed by atoms with Crippen molar-refractivity contribution in [2.75, 3.05) is 13.2 Å². The third-order valence-corrected chi connectivity index (χ3v) is 6.20. The number of benzene rings is 2. The fourth-order valence-corrected chi connectivity index (χ4v) is 4.59. The van der Waals surface area contributed by atoms with E-state index in [2.05, 4.69) is 4.98 Å². The average Bonchev–Trinajstić information content (AvgIpc) is 3.22. The number of carboxylic acid groups (broad SMARTS) is 1. The molecular formula is C23H20ClFN2O6S. The summed E-state index contributed by atoms with van der Waals surface area (Å²) in [4.78, 5) is 34.2. The van der Waals surface area contributed by atoms with Gasteiger partial charge in [0.2, 0.25) is 0 Å². The second-order valence-electron chi connectivity index (χ2n) is 7.50. The van der Waals surface area contributed by atoms with Gasteiger partial charge in [0.1, 0.15) is 23.2 Å². The fraction of sp³-hybridized carbons (Fsp3) is 0.261. The number of halogens is 2. The van der Waals surface area contributed by atoms with Crippen LogP contribution in [0.3, 0.4) is 0 Å². The van der Waals surface area contributed by atoms with Crippen LogP contribution in [0.1, 0.15) is 32.6 Å². The Hall–Kier alpha value is -3.21. The Balaban J connectivity index is 1.64. The van der Waals surface area contributed by atoms with Gasteiger partial charge >= 0.3 is 12.1 Å². The van der Waals surface area contributed by atoms with Gasteiger partial charge in [0.05, 0.1) is 6.04 Å². The Labute approximate surface area is 203 Å². The lowest BCUT2D eigenvalue weighted by Gasteiger charge is -2.36. The number of aryl methyl sites for hydroxylation is 1. The van der Waals surface area contributed by atoms with Crippen molar-refractivity contribution in [2.45, 2.75) is 26.0 Å². The predicted molar refractivity (Wildman–Crippen MR) is 121 cm³/mol. The summed E-state index contributed by atoms with van der Waals surface area (Å²) in [5.74, 6) is -1.30. The van der Waals surface area contributed by atoms with E-state index in [9.17, 15) is 14.0 Å². The number of thiazole rings is 1. The minimum atomic E-state index is -1.15. The van der Waals surface area contributed by atoms with Gasteiger partial charge in [-0.1, -0.05) is 17.7 Å². The first-order valence-electron chi connectivity index (χ1n) is 10.2. The van der Waals surface area contributed by atoms with Crippen molar-refractivity contribution >= 4 is 35.1 Å². The van der Waals surface area contributed by atoms with Gasteiger partial charge in [-0.2, -0.15) is 0 Å². The van der Waals surface area contributed by atoms with Gasteiger partial charge in [0.15, 0.2) is 6.61 Å².